The highest BCUT2D eigenvalue weighted by Gasteiger charge is 2.37. The van der Waals surface area contributed by atoms with E-state index < -0.39 is 0 Å². The summed E-state index contributed by atoms with van der Waals surface area (Å²) in [7, 11) is 0. The van der Waals surface area contributed by atoms with E-state index in [0.29, 0.717) is 13.0 Å². The van der Waals surface area contributed by atoms with Crippen molar-refractivity contribution < 1.29 is 4.79 Å². The molecule has 0 spiro atoms. The molecular weight excluding hydrogens is 200 g/mol. The highest BCUT2D eigenvalue weighted by molar-refractivity contribution is 5.76. The van der Waals surface area contributed by atoms with Gasteiger partial charge in [0.25, 0.3) is 0 Å². The predicted molar refractivity (Wildman–Crippen MR) is 64.9 cm³/mol. The van der Waals surface area contributed by atoms with E-state index in [1.165, 1.54) is 32.1 Å². The molecular formula is C13H24N2O. The first kappa shape index (κ1) is 11.9. The second kappa shape index (κ2) is 5.17. The van der Waals surface area contributed by atoms with Gasteiger partial charge in [-0.25, -0.2) is 0 Å². The third-order valence-electron chi connectivity index (χ3n) is 4.45. The van der Waals surface area contributed by atoms with Gasteiger partial charge in [0.05, 0.1) is 0 Å². The molecule has 2 aliphatic rings. The summed E-state index contributed by atoms with van der Waals surface area (Å²) in [4.78, 5) is 11.8. The molecule has 2 aliphatic carbocycles. The fraction of sp³-hybridized carbons (Fsp3) is 0.923. The minimum Gasteiger partial charge on any atom is -0.356 e. The average Bonchev–Trinajstić information content (AvgIpc) is 2.73. The van der Waals surface area contributed by atoms with Crippen LogP contribution in [0.5, 0.6) is 0 Å². The van der Waals surface area contributed by atoms with E-state index in [1.54, 1.807) is 0 Å². The van der Waals surface area contributed by atoms with Gasteiger partial charge in [0.2, 0.25) is 5.91 Å². The van der Waals surface area contributed by atoms with Crippen molar-refractivity contribution in [2.75, 3.05) is 13.1 Å². The van der Waals surface area contributed by atoms with Gasteiger partial charge in [-0.05, 0) is 43.6 Å². The van der Waals surface area contributed by atoms with Crippen LogP contribution in [-0.4, -0.2) is 19.0 Å². The van der Waals surface area contributed by atoms with Crippen molar-refractivity contribution in [3.63, 3.8) is 0 Å². The number of hydrogen-bond donors (Lipinski definition) is 2. The largest absolute Gasteiger partial charge is 0.356 e. The van der Waals surface area contributed by atoms with Gasteiger partial charge in [0.1, 0.15) is 0 Å². The molecule has 2 rings (SSSR count). The van der Waals surface area contributed by atoms with Crippen LogP contribution < -0.4 is 11.1 Å². The third-order valence-corrected chi connectivity index (χ3v) is 4.45. The molecule has 2 saturated carbocycles. The standard InChI is InChI=1S/C13H24N2O/c14-10-13(6-3-7-13)8-12(16)15-9-11-4-1-2-5-11/h11H,1-10,14H2,(H,15,16). The van der Waals surface area contributed by atoms with Crippen molar-refractivity contribution >= 4 is 5.91 Å². The molecule has 0 saturated heterocycles. The summed E-state index contributed by atoms with van der Waals surface area (Å²) in [5.41, 5.74) is 5.91. The molecule has 0 unspecified atom stereocenters. The van der Waals surface area contributed by atoms with Crippen LogP contribution in [0.3, 0.4) is 0 Å². The van der Waals surface area contributed by atoms with Gasteiger partial charge in [-0.15, -0.1) is 0 Å². The number of carbonyl (C=O) groups is 1. The van der Waals surface area contributed by atoms with Gasteiger partial charge in [0.15, 0.2) is 0 Å². The molecule has 16 heavy (non-hydrogen) atoms. The monoisotopic (exact) mass is 224 g/mol. The topological polar surface area (TPSA) is 55.1 Å². The van der Waals surface area contributed by atoms with Crippen molar-refractivity contribution in [1.82, 2.24) is 5.32 Å². The van der Waals surface area contributed by atoms with E-state index in [2.05, 4.69) is 5.32 Å². The summed E-state index contributed by atoms with van der Waals surface area (Å²) in [5, 5.41) is 3.09. The van der Waals surface area contributed by atoms with Gasteiger partial charge in [-0.1, -0.05) is 19.3 Å². The Kier molecular flexibility index (Phi) is 3.85. The lowest BCUT2D eigenvalue weighted by atomic mass is 9.66. The summed E-state index contributed by atoms with van der Waals surface area (Å²) in [6, 6.07) is 0. The maximum atomic E-state index is 11.8. The first-order valence-electron chi connectivity index (χ1n) is 6.71. The molecule has 3 nitrogen and oxygen atoms in total. The third kappa shape index (κ3) is 2.76. The van der Waals surface area contributed by atoms with E-state index in [9.17, 15) is 4.79 Å². The highest BCUT2D eigenvalue weighted by Crippen LogP contribution is 2.42. The average molecular weight is 224 g/mol. The van der Waals surface area contributed by atoms with Crippen LogP contribution in [0.15, 0.2) is 0 Å². The van der Waals surface area contributed by atoms with Crippen LogP contribution in [0.2, 0.25) is 0 Å². The Balaban J connectivity index is 1.67. The van der Waals surface area contributed by atoms with E-state index in [0.717, 1.165) is 25.3 Å². The van der Waals surface area contributed by atoms with Crippen LogP contribution in [0.25, 0.3) is 0 Å². The Hall–Kier alpha value is -0.570. The van der Waals surface area contributed by atoms with Crippen LogP contribution >= 0.6 is 0 Å². The van der Waals surface area contributed by atoms with Crippen LogP contribution in [0.4, 0.5) is 0 Å². The minimum atomic E-state index is 0.153. The molecule has 0 aliphatic heterocycles. The molecule has 2 fully saturated rings. The Morgan fingerprint density at radius 3 is 2.44 bits per heavy atom. The second-order valence-electron chi connectivity index (χ2n) is 5.69. The number of nitrogens with two attached hydrogens (primary N) is 1. The van der Waals surface area contributed by atoms with Crippen molar-refractivity contribution in [2.45, 2.75) is 51.4 Å². The molecule has 0 atom stereocenters. The zero-order valence-electron chi connectivity index (χ0n) is 10.1. The quantitative estimate of drug-likeness (QED) is 0.748. The Bertz CT molecular complexity index is 237. The summed E-state index contributed by atoms with van der Waals surface area (Å²) in [6.45, 7) is 1.56. The summed E-state index contributed by atoms with van der Waals surface area (Å²) in [6.07, 6.45) is 9.44. The molecule has 92 valence electrons. The summed E-state index contributed by atoms with van der Waals surface area (Å²) >= 11 is 0. The van der Waals surface area contributed by atoms with E-state index in [-0.39, 0.29) is 11.3 Å². The normalized spacial score (nSPS) is 24.1. The maximum absolute atomic E-state index is 11.8. The fourth-order valence-electron chi connectivity index (χ4n) is 3.01. The minimum absolute atomic E-state index is 0.153. The Morgan fingerprint density at radius 2 is 1.94 bits per heavy atom. The number of hydrogen-bond acceptors (Lipinski definition) is 2. The Labute approximate surface area is 98.2 Å². The van der Waals surface area contributed by atoms with Crippen molar-refractivity contribution in [2.24, 2.45) is 17.1 Å². The summed E-state index contributed by atoms with van der Waals surface area (Å²) in [5.74, 6) is 0.955. The lowest BCUT2D eigenvalue weighted by Crippen LogP contribution is -2.42. The van der Waals surface area contributed by atoms with Crippen LogP contribution in [0, 0.1) is 11.3 Å². The second-order valence-corrected chi connectivity index (χ2v) is 5.69. The fourth-order valence-corrected chi connectivity index (χ4v) is 3.01. The molecule has 0 aromatic rings. The first-order valence-corrected chi connectivity index (χ1v) is 6.71. The smallest absolute Gasteiger partial charge is 0.220 e. The number of rotatable bonds is 5. The molecule has 0 bridgehead atoms. The van der Waals surface area contributed by atoms with E-state index in [4.69, 9.17) is 5.73 Å². The zero-order chi connectivity index (χ0) is 11.4. The lowest BCUT2D eigenvalue weighted by Gasteiger charge is -2.40. The molecule has 0 radical (unpaired) electrons. The van der Waals surface area contributed by atoms with Crippen LogP contribution in [-0.2, 0) is 4.79 Å². The van der Waals surface area contributed by atoms with Crippen molar-refractivity contribution in [3.05, 3.63) is 0 Å². The summed E-state index contributed by atoms with van der Waals surface area (Å²) < 4.78 is 0. The first-order chi connectivity index (χ1) is 7.74. The molecule has 0 aromatic heterocycles. The molecule has 3 heteroatoms. The number of nitrogens with one attached hydrogen (secondary N) is 1. The highest BCUT2D eigenvalue weighted by atomic mass is 16.1. The zero-order valence-corrected chi connectivity index (χ0v) is 10.1. The molecule has 0 aromatic carbocycles. The van der Waals surface area contributed by atoms with E-state index >= 15 is 0 Å². The number of carbonyl (C=O) groups excluding carboxylic acids is 1. The van der Waals surface area contributed by atoms with Gasteiger partial charge in [-0.3, -0.25) is 4.79 Å². The van der Waals surface area contributed by atoms with Gasteiger partial charge in [0, 0.05) is 13.0 Å². The maximum Gasteiger partial charge on any atom is 0.220 e. The number of amides is 1. The molecule has 0 heterocycles. The van der Waals surface area contributed by atoms with Crippen molar-refractivity contribution in [3.8, 4) is 0 Å². The molecule has 3 N–H and O–H groups in total. The molecule has 1 amide bonds. The van der Waals surface area contributed by atoms with Crippen LogP contribution in [0.1, 0.15) is 51.4 Å². The van der Waals surface area contributed by atoms with Gasteiger partial charge < -0.3 is 11.1 Å². The van der Waals surface area contributed by atoms with E-state index in [1.807, 2.05) is 0 Å². The predicted octanol–water partition coefficient (Wildman–Crippen LogP) is 1.81. The van der Waals surface area contributed by atoms with Crippen molar-refractivity contribution in [1.29, 1.82) is 0 Å². The van der Waals surface area contributed by atoms with Gasteiger partial charge >= 0.3 is 0 Å². The lowest BCUT2D eigenvalue weighted by molar-refractivity contribution is -0.124. The Morgan fingerprint density at radius 1 is 1.25 bits per heavy atom. The SMILES string of the molecule is NCC1(CC(=O)NCC2CCCC2)CCC1. The van der Waals surface area contributed by atoms with Gasteiger partial charge in [-0.2, -0.15) is 0 Å².